The maximum atomic E-state index is 12.4. The van der Waals surface area contributed by atoms with Crippen LogP contribution in [-0.2, 0) is 13.7 Å². The topological polar surface area (TPSA) is 74.6 Å². The molecule has 2 aromatic carbocycles. The Kier molecular flexibility index (Phi) is 7.56. The summed E-state index contributed by atoms with van der Waals surface area (Å²) >= 11 is 2.09. The normalized spacial score (nSPS) is 10.5. The van der Waals surface area contributed by atoms with Crippen molar-refractivity contribution in [2.75, 3.05) is 18.5 Å². The molecule has 0 spiro atoms. The van der Waals surface area contributed by atoms with Gasteiger partial charge in [-0.2, -0.15) is 5.10 Å². The van der Waals surface area contributed by atoms with Crippen LogP contribution in [0.4, 0.5) is 5.69 Å². The number of carbonyl (C=O) groups is 1. The Hall–Kier alpha value is -2.75. The van der Waals surface area contributed by atoms with Crippen molar-refractivity contribution in [2.24, 2.45) is 7.05 Å². The quantitative estimate of drug-likeness (QED) is 0.415. The van der Waals surface area contributed by atoms with Crippen molar-refractivity contribution < 1.29 is 19.0 Å². The average molecular weight is 521 g/mol. The van der Waals surface area contributed by atoms with Gasteiger partial charge in [0, 0.05) is 12.7 Å². The summed E-state index contributed by atoms with van der Waals surface area (Å²) < 4.78 is 19.5. The van der Waals surface area contributed by atoms with E-state index in [1.54, 1.807) is 30.1 Å². The van der Waals surface area contributed by atoms with E-state index in [0.717, 1.165) is 14.9 Å². The van der Waals surface area contributed by atoms with E-state index in [2.05, 4.69) is 33.0 Å². The van der Waals surface area contributed by atoms with Crippen LogP contribution >= 0.6 is 22.6 Å². The summed E-state index contributed by atoms with van der Waals surface area (Å²) in [5, 5.41) is 6.97. The molecule has 0 radical (unpaired) electrons. The molecule has 0 saturated heterocycles. The molecule has 0 fully saturated rings. The van der Waals surface area contributed by atoms with Crippen LogP contribution < -0.4 is 19.5 Å². The van der Waals surface area contributed by atoms with Crippen molar-refractivity contribution in [3.63, 3.8) is 0 Å². The van der Waals surface area contributed by atoms with Gasteiger partial charge in [-0.25, -0.2) is 0 Å². The Labute approximate surface area is 189 Å². The molecule has 1 amide bonds. The molecule has 0 aliphatic heterocycles. The third-order valence-electron chi connectivity index (χ3n) is 4.23. The van der Waals surface area contributed by atoms with E-state index >= 15 is 0 Å². The Bertz CT molecular complexity index is 983. The van der Waals surface area contributed by atoms with E-state index in [1.165, 1.54) is 0 Å². The monoisotopic (exact) mass is 521 g/mol. The number of amides is 1. The van der Waals surface area contributed by atoms with Crippen molar-refractivity contribution in [2.45, 2.75) is 20.5 Å². The predicted molar refractivity (Wildman–Crippen MR) is 123 cm³/mol. The van der Waals surface area contributed by atoms with Crippen LogP contribution in [0.2, 0.25) is 0 Å². The van der Waals surface area contributed by atoms with Crippen LogP contribution in [0.15, 0.2) is 48.7 Å². The highest BCUT2D eigenvalue weighted by Gasteiger charge is 2.15. The number of carbonyl (C=O) groups excluding carboxylic acids is 1. The standard InChI is InChI=1S/C22H24IN3O4/c1-4-28-19-11-6-15(12-20(19)29-5-2)14-30-17-9-7-16(8-10-17)25-22(27)21-18(23)13-24-26(21)3/h6-13H,4-5,14H2,1-3H3,(H,25,27). The van der Waals surface area contributed by atoms with E-state index in [0.29, 0.717) is 42.7 Å². The zero-order chi connectivity index (χ0) is 21.5. The number of aromatic nitrogens is 2. The van der Waals surface area contributed by atoms with Gasteiger partial charge in [-0.3, -0.25) is 9.48 Å². The number of aryl methyl sites for hydroxylation is 1. The Morgan fingerprint density at radius 3 is 2.37 bits per heavy atom. The van der Waals surface area contributed by atoms with Crippen molar-refractivity contribution in [3.05, 3.63) is 63.5 Å². The zero-order valence-electron chi connectivity index (χ0n) is 17.1. The van der Waals surface area contributed by atoms with Gasteiger partial charge in [0.1, 0.15) is 18.1 Å². The smallest absolute Gasteiger partial charge is 0.275 e. The highest BCUT2D eigenvalue weighted by molar-refractivity contribution is 14.1. The fourth-order valence-corrected chi connectivity index (χ4v) is 3.56. The van der Waals surface area contributed by atoms with Gasteiger partial charge < -0.3 is 19.5 Å². The fourth-order valence-electron chi connectivity index (χ4n) is 2.84. The summed E-state index contributed by atoms with van der Waals surface area (Å²) in [5.74, 6) is 1.94. The number of rotatable bonds is 9. The van der Waals surface area contributed by atoms with E-state index in [4.69, 9.17) is 14.2 Å². The third kappa shape index (κ3) is 5.44. The average Bonchev–Trinajstić information content (AvgIpc) is 3.07. The van der Waals surface area contributed by atoms with E-state index in [1.807, 2.05) is 44.2 Å². The molecule has 8 heteroatoms. The van der Waals surface area contributed by atoms with Gasteiger partial charge in [-0.15, -0.1) is 0 Å². The molecule has 0 saturated carbocycles. The van der Waals surface area contributed by atoms with Crippen LogP contribution in [0.5, 0.6) is 17.2 Å². The van der Waals surface area contributed by atoms with Gasteiger partial charge in [-0.1, -0.05) is 6.07 Å². The van der Waals surface area contributed by atoms with Gasteiger partial charge in [-0.05, 0) is 78.4 Å². The Morgan fingerprint density at radius 1 is 1.03 bits per heavy atom. The number of ether oxygens (including phenoxy) is 3. The lowest BCUT2D eigenvalue weighted by Gasteiger charge is -2.13. The van der Waals surface area contributed by atoms with Crippen LogP contribution in [0.1, 0.15) is 29.9 Å². The summed E-state index contributed by atoms with van der Waals surface area (Å²) in [4.78, 5) is 12.4. The first-order chi connectivity index (χ1) is 14.5. The van der Waals surface area contributed by atoms with Crippen LogP contribution in [0.25, 0.3) is 0 Å². The molecule has 158 valence electrons. The summed E-state index contributed by atoms with van der Waals surface area (Å²) in [7, 11) is 1.74. The molecule has 0 unspecified atom stereocenters. The van der Waals surface area contributed by atoms with Gasteiger partial charge in [0.2, 0.25) is 0 Å². The zero-order valence-corrected chi connectivity index (χ0v) is 19.3. The second-order valence-electron chi connectivity index (χ2n) is 6.38. The molecule has 3 rings (SSSR count). The fraction of sp³-hybridized carbons (Fsp3) is 0.273. The molecule has 0 atom stereocenters. The molecule has 1 N–H and O–H groups in total. The maximum absolute atomic E-state index is 12.4. The number of nitrogens with zero attached hydrogens (tertiary/aromatic N) is 2. The van der Waals surface area contributed by atoms with Gasteiger partial charge in [0.25, 0.3) is 5.91 Å². The van der Waals surface area contributed by atoms with E-state index in [9.17, 15) is 4.79 Å². The number of benzene rings is 2. The first-order valence-electron chi connectivity index (χ1n) is 9.62. The summed E-state index contributed by atoms with van der Waals surface area (Å²) in [6.45, 7) is 5.42. The molecule has 30 heavy (non-hydrogen) atoms. The van der Waals surface area contributed by atoms with Crippen LogP contribution in [0.3, 0.4) is 0 Å². The number of hydrogen-bond acceptors (Lipinski definition) is 5. The Morgan fingerprint density at radius 2 is 1.73 bits per heavy atom. The van der Waals surface area contributed by atoms with Gasteiger partial charge in [0.15, 0.2) is 11.5 Å². The predicted octanol–water partition coefficient (Wildman–Crippen LogP) is 4.65. The number of halogens is 1. The first-order valence-corrected chi connectivity index (χ1v) is 10.7. The lowest BCUT2D eigenvalue weighted by Crippen LogP contribution is -2.17. The molecule has 0 aliphatic rings. The van der Waals surface area contributed by atoms with Crippen LogP contribution in [0, 0.1) is 3.57 Å². The SMILES string of the molecule is CCOc1ccc(COc2ccc(NC(=O)c3c(I)cnn3C)cc2)cc1OCC. The van der Waals surface area contributed by atoms with Crippen molar-refractivity contribution in [3.8, 4) is 17.2 Å². The summed E-state index contributed by atoms with van der Waals surface area (Å²) in [6.07, 6.45) is 1.66. The highest BCUT2D eigenvalue weighted by Crippen LogP contribution is 2.29. The Balaban J connectivity index is 1.61. The van der Waals surface area contributed by atoms with Crippen molar-refractivity contribution in [1.82, 2.24) is 9.78 Å². The minimum atomic E-state index is -0.203. The molecular weight excluding hydrogens is 497 g/mol. The highest BCUT2D eigenvalue weighted by atomic mass is 127. The van der Waals surface area contributed by atoms with Crippen molar-refractivity contribution >= 4 is 34.2 Å². The van der Waals surface area contributed by atoms with Crippen LogP contribution in [-0.4, -0.2) is 28.9 Å². The second-order valence-corrected chi connectivity index (χ2v) is 7.54. The number of nitrogens with one attached hydrogen (secondary N) is 1. The molecule has 3 aromatic rings. The lowest BCUT2D eigenvalue weighted by atomic mass is 10.2. The molecule has 0 bridgehead atoms. The van der Waals surface area contributed by atoms with Crippen molar-refractivity contribution in [1.29, 1.82) is 0 Å². The maximum Gasteiger partial charge on any atom is 0.275 e. The van der Waals surface area contributed by atoms with Gasteiger partial charge >= 0.3 is 0 Å². The molecular formula is C22H24IN3O4. The third-order valence-corrected chi connectivity index (χ3v) is 5.02. The minimum absolute atomic E-state index is 0.203. The molecule has 1 aromatic heterocycles. The van der Waals surface area contributed by atoms with Gasteiger partial charge in [0.05, 0.1) is 23.0 Å². The summed E-state index contributed by atoms with van der Waals surface area (Å²) in [6, 6.07) is 13.0. The molecule has 0 aliphatic carbocycles. The first kappa shape index (κ1) is 21.9. The molecule has 1 heterocycles. The minimum Gasteiger partial charge on any atom is -0.490 e. The van der Waals surface area contributed by atoms with E-state index in [-0.39, 0.29) is 5.91 Å². The largest absolute Gasteiger partial charge is 0.490 e. The van der Waals surface area contributed by atoms with E-state index < -0.39 is 0 Å². The summed E-state index contributed by atoms with van der Waals surface area (Å²) in [5.41, 5.74) is 2.19. The number of hydrogen-bond donors (Lipinski definition) is 1. The number of anilines is 1. The second kappa shape index (κ2) is 10.3. The molecule has 7 nitrogen and oxygen atoms in total. The lowest BCUT2D eigenvalue weighted by molar-refractivity contribution is 0.101.